The van der Waals surface area contributed by atoms with Crippen molar-refractivity contribution in [1.82, 2.24) is 35.1 Å². The second kappa shape index (κ2) is 7.21. The maximum Gasteiger partial charge on any atom is 0.280 e. The molecule has 12 heteroatoms. The van der Waals surface area contributed by atoms with Gasteiger partial charge in [-0.1, -0.05) is 0 Å². The van der Waals surface area contributed by atoms with Crippen molar-refractivity contribution in [2.24, 2.45) is 0 Å². The molecule has 0 aliphatic carbocycles. The van der Waals surface area contributed by atoms with Gasteiger partial charge in [-0.2, -0.15) is 4.98 Å². The van der Waals surface area contributed by atoms with Gasteiger partial charge in [-0.05, 0) is 6.42 Å². The molecule has 3 heterocycles. The van der Waals surface area contributed by atoms with Crippen LogP contribution in [0.2, 0.25) is 0 Å². The zero-order valence-corrected chi connectivity index (χ0v) is 13.8. The van der Waals surface area contributed by atoms with E-state index in [0.717, 1.165) is 6.42 Å². The number of fused-ring (bicyclic) bond motifs is 1. The summed E-state index contributed by atoms with van der Waals surface area (Å²) in [6.45, 7) is 0.323. The normalized spacial score (nSPS) is 14.0. The van der Waals surface area contributed by atoms with Crippen molar-refractivity contribution in [1.29, 1.82) is 0 Å². The number of hydrogen-bond donors (Lipinski definition) is 4. The summed E-state index contributed by atoms with van der Waals surface area (Å²) < 4.78 is 1.38. The van der Waals surface area contributed by atoms with E-state index < -0.39 is 11.5 Å². The van der Waals surface area contributed by atoms with E-state index >= 15 is 0 Å². The summed E-state index contributed by atoms with van der Waals surface area (Å²) in [5.41, 5.74) is 5.27. The fourth-order valence-electron chi connectivity index (χ4n) is 2.64. The van der Waals surface area contributed by atoms with Crippen molar-refractivity contribution >= 4 is 34.8 Å². The van der Waals surface area contributed by atoms with Gasteiger partial charge in [-0.3, -0.25) is 24.2 Å². The number of likely N-dealkylation sites (tertiary alicyclic amines) is 1. The molecule has 2 aromatic rings. The van der Waals surface area contributed by atoms with Crippen LogP contribution in [0.3, 0.4) is 0 Å². The van der Waals surface area contributed by atoms with Crippen LogP contribution in [0.1, 0.15) is 12.8 Å². The zero-order valence-electron chi connectivity index (χ0n) is 13.8. The molecule has 12 nitrogen and oxygen atoms in total. The van der Waals surface area contributed by atoms with E-state index in [1.807, 2.05) is 0 Å². The van der Waals surface area contributed by atoms with Crippen LogP contribution in [0.4, 0.5) is 5.95 Å². The van der Waals surface area contributed by atoms with Crippen LogP contribution in [-0.2, 0) is 20.9 Å². The zero-order chi connectivity index (χ0) is 18.7. The summed E-state index contributed by atoms with van der Waals surface area (Å²) in [7, 11) is 0. The van der Waals surface area contributed by atoms with Crippen molar-refractivity contribution in [3.05, 3.63) is 16.7 Å². The number of nitrogens with two attached hydrogens (primary N) is 1. The molecule has 1 aliphatic heterocycles. The van der Waals surface area contributed by atoms with E-state index in [1.54, 1.807) is 0 Å². The standard InChI is InChI=1S/C14H18N8O4/c15-14-19-12-11(13(26)20-14)18-7-22(12)5-9(24)17-6-16-8(23)4-21-3-1-2-10(21)25/h7H,1-6H2,(H,16,23)(H,17,24)(H3,15,19,20,26). The Morgan fingerprint density at radius 3 is 2.65 bits per heavy atom. The van der Waals surface area contributed by atoms with Crippen LogP contribution < -0.4 is 21.9 Å². The van der Waals surface area contributed by atoms with Crippen molar-refractivity contribution in [3.63, 3.8) is 0 Å². The maximum absolute atomic E-state index is 12.0. The Morgan fingerprint density at radius 1 is 1.23 bits per heavy atom. The molecule has 2 aromatic heterocycles. The number of imidazole rings is 1. The number of rotatable bonds is 6. The van der Waals surface area contributed by atoms with Crippen molar-refractivity contribution in [3.8, 4) is 0 Å². The SMILES string of the molecule is Nc1nc2c(ncn2CC(=O)NCNC(=O)CN2CCCC2=O)c(=O)[nH]1. The number of nitrogens with one attached hydrogen (secondary N) is 3. The first-order valence-electron chi connectivity index (χ1n) is 7.96. The molecule has 0 aromatic carbocycles. The van der Waals surface area contributed by atoms with Crippen LogP contribution in [0.25, 0.3) is 11.2 Å². The fraction of sp³-hybridized carbons (Fsp3) is 0.429. The number of H-pyrrole nitrogens is 1. The highest BCUT2D eigenvalue weighted by molar-refractivity contribution is 5.86. The molecular formula is C14H18N8O4. The first-order chi connectivity index (χ1) is 12.4. The Bertz CT molecular complexity index is 917. The summed E-state index contributed by atoms with van der Waals surface area (Å²) in [6.07, 6.45) is 2.52. The molecule has 5 N–H and O–H groups in total. The van der Waals surface area contributed by atoms with Gasteiger partial charge in [0, 0.05) is 13.0 Å². The lowest BCUT2D eigenvalue weighted by atomic mass is 10.4. The number of aromatic nitrogens is 4. The van der Waals surface area contributed by atoms with Crippen molar-refractivity contribution in [2.45, 2.75) is 19.4 Å². The highest BCUT2D eigenvalue weighted by Gasteiger charge is 2.22. The molecule has 1 saturated heterocycles. The summed E-state index contributed by atoms with van der Waals surface area (Å²) >= 11 is 0. The third-order valence-corrected chi connectivity index (χ3v) is 3.88. The molecule has 0 bridgehead atoms. The predicted molar refractivity (Wildman–Crippen MR) is 89.5 cm³/mol. The number of aromatic amines is 1. The molecule has 0 atom stereocenters. The second-order valence-electron chi connectivity index (χ2n) is 5.79. The van der Waals surface area contributed by atoms with Crippen LogP contribution in [0.15, 0.2) is 11.1 Å². The average molecular weight is 362 g/mol. The Labute approximate surface area is 146 Å². The minimum atomic E-state index is -0.490. The molecule has 0 spiro atoms. The first-order valence-corrected chi connectivity index (χ1v) is 7.96. The van der Waals surface area contributed by atoms with Crippen molar-refractivity contribution in [2.75, 3.05) is 25.5 Å². The van der Waals surface area contributed by atoms with Crippen LogP contribution in [-0.4, -0.2) is 61.9 Å². The third kappa shape index (κ3) is 3.79. The number of carbonyl (C=O) groups is 3. The van der Waals surface area contributed by atoms with E-state index in [1.165, 1.54) is 15.8 Å². The molecule has 1 aliphatic rings. The quantitative estimate of drug-likeness (QED) is 0.412. The Balaban J connectivity index is 1.49. The number of amides is 3. The molecular weight excluding hydrogens is 344 g/mol. The third-order valence-electron chi connectivity index (χ3n) is 3.88. The van der Waals surface area contributed by atoms with Gasteiger partial charge < -0.3 is 25.8 Å². The average Bonchev–Trinajstić information content (AvgIpc) is 3.15. The molecule has 3 rings (SSSR count). The lowest BCUT2D eigenvalue weighted by Gasteiger charge is -2.15. The van der Waals surface area contributed by atoms with Gasteiger partial charge in [0.25, 0.3) is 5.56 Å². The summed E-state index contributed by atoms with van der Waals surface area (Å²) in [6, 6.07) is 0. The van der Waals surface area contributed by atoms with Gasteiger partial charge in [-0.25, -0.2) is 4.98 Å². The lowest BCUT2D eigenvalue weighted by Crippen LogP contribution is -2.43. The van der Waals surface area contributed by atoms with Crippen molar-refractivity contribution < 1.29 is 14.4 Å². The smallest absolute Gasteiger partial charge is 0.280 e. The molecule has 1 fully saturated rings. The van der Waals surface area contributed by atoms with Crippen LogP contribution in [0.5, 0.6) is 0 Å². The number of hydrogen-bond acceptors (Lipinski definition) is 7. The van der Waals surface area contributed by atoms with Gasteiger partial charge >= 0.3 is 0 Å². The Kier molecular flexibility index (Phi) is 4.82. The predicted octanol–water partition coefficient (Wildman–Crippen LogP) is -2.49. The number of nitrogen functional groups attached to an aromatic ring is 1. The monoisotopic (exact) mass is 362 g/mol. The summed E-state index contributed by atoms with van der Waals surface area (Å²) in [5, 5.41) is 5.03. The largest absolute Gasteiger partial charge is 0.369 e. The van der Waals surface area contributed by atoms with Gasteiger partial charge in [0.2, 0.25) is 23.7 Å². The summed E-state index contributed by atoms with van der Waals surface area (Å²) in [5.74, 6) is -0.886. The van der Waals surface area contributed by atoms with Gasteiger partial charge in [0.1, 0.15) is 6.54 Å². The highest BCUT2D eigenvalue weighted by Crippen LogP contribution is 2.08. The van der Waals surface area contributed by atoms with E-state index in [-0.39, 0.29) is 48.7 Å². The Hall–Kier alpha value is -3.44. The molecule has 0 radical (unpaired) electrons. The minimum Gasteiger partial charge on any atom is -0.369 e. The molecule has 26 heavy (non-hydrogen) atoms. The first kappa shape index (κ1) is 17.4. The van der Waals surface area contributed by atoms with E-state index in [9.17, 15) is 19.2 Å². The number of nitrogens with zero attached hydrogens (tertiary/aromatic N) is 4. The van der Waals surface area contributed by atoms with E-state index in [4.69, 9.17) is 5.73 Å². The minimum absolute atomic E-state index is 0.0210. The van der Waals surface area contributed by atoms with Crippen LogP contribution in [0, 0.1) is 0 Å². The molecule has 3 amide bonds. The van der Waals surface area contributed by atoms with Gasteiger partial charge in [0.05, 0.1) is 19.5 Å². The fourth-order valence-corrected chi connectivity index (χ4v) is 2.64. The van der Waals surface area contributed by atoms with Gasteiger partial charge in [0.15, 0.2) is 11.2 Å². The summed E-state index contributed by atoms with van der Waals surface area (Å²) in [4.78, 5) is 58.5. The Morgan fingerprint density at radius 2 is 1.96 bits per heavy atom. The van der Waals surface area contributed by atoms with E-state index in [0.29, 0.717) is 13.0 Å². The highest BCUT2D eigenvalue weighted by atomic mass is 16.2. The number of anilines is 1. The van der Waals surface area contributed by atoms with E-state index in [2.05, 4.69) is 25.6 Å². The number of carbonyl (C=O) groups excluding carboxylic acids is 3. The lowest BCUT2D eigenvalue weighted by molar-refractivity contribution is -0.133. The van der Waals surface area contributed by atoms with Crippen LogP contribution >= 0.6 is 0 Å². The maximum atomic E-state index is 12.0. The molecule has 138 valence electrons. The van der Waals surface area contributed by atoms with Gasteiger partial charge in [-0.15, -0.1) is 0 Å². The molecule has 0 unspecified atom stereocenters. The second-order valence-corrected chi connectivity index (χ2v) is 5.79. The topological polar surface area (TPSA) is 168 Å². The molecule has 0 saturated carbocycles.